The molecule has 2 saturated heterocycles. The number of anilines is 2. The summed E-state index contributed by atoms with van der Waals surface area (Å²) in [4.78, 5) is 8.78. The van der Waals surface area contributed by atoms with Gasteiger partial charge in [0.05, 0.1) is 25.8 Å². The lowest BCUT2D eigenvalue weighted by atomic mass is 10.1. The second-order valence-corrected chi connectivity index (χ2v) is 8.45. The van der Waals surface area contributed by atoms with E-state index in [-0.39, 0.29) is 13.2 Å². The Labute approximate surface area is 187 Å². The molecule has 3 aromatic rings. The first-order chi connectivity index (χ1) is 15.0. The van der Waals surface area contributed by atoms with Crippen molar-refractivity contribution < 1.29 is 23.3 Å². The molecule has 0 bridgehead atoms. The third-order valence-electron chi connectivity index (χ3n) is 5.58. The first-order valence-electron chi connectivity index (χ1n) is 9.93. The van der Waals surface area contributed by atoms with Gasteiger partial charge in [-0.1, -0.05) is 22.0 Å². The van der Waals surface area contributed by atoms with Crippen LogP contribution in [-0.2, 0) is 9.47 Å². The van der Waals surface area contributed by atoms with Crippen LogP contribution in [0.4, 0.5) is 15.9 Å². The zero-order chi connectivity index (χ0) is 21.5. The normalized spacial score (nSPS) is 24.9. The van der Waals surface area contributed by atoms with Crippen molar-refractivity contribution in [2.24, 2.45) is 0 Å². The molecule has 31 heavy (non-hydrogen) atoms. The molecule has 1 unspecified atom stereocenters. The smallest absolute Gasteiger partial charge is 0.164 e. The summed E-state index contributed by atoms with van der Waals surface area (Å²) in [7, 11) is 1.57. The third-order valence-corrected chi connectivity index (χ3v) is 6.44. The molecule has 162 valence electrons. The van der Waals surface area contributed by atoms with Gasteiger partial charge in [0.1, 0.15) is 24.4 Å². The molecule has 1 N–H and O–H groups in total. The van der Waals surface area contributed by atoms with Crippen LogP contribution in [0.3, 0.4) is 0 Å². The van der Waals surface area contributed by atoms with Gasteiger partial charge in [0.25, 0.3) is 0 Å². The van der Waals surface area contributed by atoms with Crippen molar-refractivity contribution in [1.29, 1.82) is 0 Å². The van der Waals surface area contributed by atoms with Crippen LogP contribution in [0.2, 0.25) is 0 Å². The predicted molar refractivity (Wildman–Crippen MR) is 117 cm³/mol. The summed E-state index contributed by atoms with van der Waals surface area (Å²) in [5, 5.41) is 4.12. The minimum Gasteiger partial charge on any atom is -0.493 e. The molecule has 9 heteroatoms. The Morgan fingerprint density at radius 2 is 1.94 bits per heavy atom. The van der Waals surface area contributed by atoms with E-state index in [1.807, 2.05) is 31.2 Å². The minimum atomic E-state index is -1.12. The van der Waals surface area contributed by atoms with E-state index < -0.39 is 24.5 Å². The summed E-state index contributed by atoms with van der Waals surface area (Å²) >= 11 is 3.55. The minimum absolute atomic E-state index is 0.0292. The van der Waals surface area contributed by atoms with Gasteiger partial charge in [-0.25, -0.2) is 14.4 Å². The second kappa shape index (κ2) is 8.22. The van der Waals surface area contributed by atoms with Crippen molar-refractivity contribution in [3.8, 4) is 11.5 Å². The van der Waals surface area contributed by atoms with Crippen LogP contribution >= 0.6 is 15.9 Å². The molecule has 3 heterocycles. The highest BCUT2D eigenvalue weighted by Crippen LogP contribution is 2.38. The van der Waals surface area contributed by atoms with E-state index in [1.54, 1.807) is 13.2 Å². The Kier molecular flexibility index (Phi) is 5.41. The summed E-state index contributed by atoms with van der Waals surface area (Å²) in [6.07, 6.45) is -1.06. The maximum Gasteiger partial charge on any atom is 0.164 e. The van der Waals surface area contributed by atoms with Crippen molar-refractivity contribution in [2.75, 3.05) is 25.6 Å². The van der Waals surface area contributed by atoms with E-state index in [2.05, 4.69) is 31.2 Å². The molecule has 0 spiro atoms. The zero-order valence-electron chi connectivity index (χ0n) is 17.0. The maximum absolute atomic E-state index is 13.9. The molecule has 0 aliphatic carbocycles. The SMILES string of the molecule is COc1cc2c(Nc3ccc(C)c(Br)c3)ncnc2cc1O[C@@H]1CO[C@@H]2C1OC[C@H]2F. The highest BCUT2D eigenvalue weighted by molar-refractivity contribution is 9.10. The zero-order valence-corrected chi connectivity index (χ0v) is 18.6. The predicted octanol–water partition coefficient (Wildman–Crippen LogP) is 4.34. The van der Waals surface area contributed by atoms with Crippen LogP contribution in [0.5, 0.6) is 11.5 Å². The lowest BCUT2D eigenvalue weighted by molar-refractivity contribution is 0.0271. The average Bonchev–Trinajstić information content (AvgIpc) is 3.34. The average molecular weight is 490 g/mol. The number of alkyl halides is 1. The number of ether oxygens (including phenoxy) is 4. The topological polar surface area (TPSA) is 74.7 Å². The monoisotopic (exact) mass is 489 g/mol. The molecule has 4 atom stereocenters. The summed E-state index contributed by atoms with van der Waals surface area (Å²) < 4.78 is 37.6. The molecule has 7 nitrogen and oxygen atoms in total. The van der Waals surface area contributed by atoms with E-state index in [0.29, 0.717) is 22.8 Å². The largest absolute Gasteiger partial charge is 0.493 e. The van der Waals surface area contributed by atoms with Gasteiger partial charge in [-0.2, -0.15) is 0 Å². The van der Waals surface area contributed by atoms with Crippen LogP contribution < -0.4 is 14.8 Å². The molecule has 1 aromatic heterocycles. The number of nitrogens with zero attached hydrogens (tertiary/aromatic N) is 2. The van der Waals surface area contributed by atoms with Crippen molar-refractivity contribution in [2.45, 2.75) is 31.4 Å². The highest BCUT2D eigenvalue weighted by atomic mass is 79.9. The summed E-state index contributed by atoms with van der Waals surface area (Å²) in [6, 6.07) is 9.62. The Balaban J connectivity index is 1.45. The van der Waals surface area contributed by atoms with E-state index in [4.69, 9.17) is 18.9 Å². The Morgan fingerprint density at radius 3 is 2.74 bits per heavy atom. The standard InChI is InChI=1S/C22H21BrFN3O4/c1-11-3-4-12(5-14(11)23)27-22-13-6-17(28-2)18(7-16(13)25-10-26-22)31-19-9-30-20-15(24)8-29-21(19)20/h3-7,10,15,19-21H,8-9H2,1-2H3,(H,25,26,27)/t15-,19-,20+,21?/m1/s1. The van der Waals surface area contributed by atoms with Crippen molar-refractivity contribution in [1.82, 2.24) is 9.97 Å². The molecule has 2 aliphatic rings. The van der Waals surface area contributed by atoms with Crippen LogP contribution in [0.15, 0.2) is 41.1 Å². The third kappa shape index (κ3) is 3.81. The van der Waals surface area contributed by atoms with Gasteiger partial charge >= 0.3 is 0 Å². The van der Waals surface area contributed by atoms with Crippen molar-refractivity contribution in [3.05, 3.63) is 46.7 Å². The first kappa shape index (κ1) is 20.4. The number of nitrogens with one attached hydrogen (secondary N) is 1. The molecule has 2 fully saturated rings. The number of benzene rings is 2. The van der Waals surface area contributed by atoms with Crippen LogP contribution in [-0.4, -0.2) is 54.8 Å². The second-order valence-electron chi connectivity index (χ2n) is 7.60. The molecule has 0 radical (unpaired) electrons. The lowest BCUT2D eigenvalue weighted by Gasteiger charge is -2.20. The van der Waals surface area contributed by atoms with Crippen LogP contribution in [0.25, 0.3) is 10.9 Å². The number of aromatic nitrogens is 2. The summed E-state index contributed by atoms with van der Waals surface area (Å²) in [5.41, 5.74) is 2.72. The number of rotatable bonds is 5. The van der Waals surface area contributed by atoms with Gasteiger partial charge in [-0.15, -0.1) is 0 Å². The van der Waals surface area contributed by atoms with Gasteiger partial charge in [-0.05, 0) is 30.7 Å². The number of hydrogen-bond donors (Lipinski definition) is 1. The number of hydrogen-bond acceptors (Lipinski definition) is 7. The fourth-order valence-corrected chi connectivity index (χ4v) is 4.28. The van der Waals surface area contributed by atoms with E-state index in [0.717, 1.165) is 21.1 Å². The number of methoxy groups -OCH3 is 1. The Hall–Kier alpha value is -2.49. The summed E-state index contributed by atoms with van der Waals surface area (Å²) in [6.45, 7) is 2.32. The van der Waals surface area contributed by atoms with Crippen molar-refractivity contribution >= 4 is 38.3 Å². The molecule has 2 aromatic carbocycles. The first-order valence-corrected chi connectivity index (χ1v) is 10.7. The van der Waals surface area contributed by atoms with E-state index in [1.165, 1.54) is 6.33 Å². The van der Waals surface area contributed by atoms with Crippen LogP contribution in [0, 0.1) is 6.92 Å². The van der Waals surface area contributed by atoms with Gasteiger partial charge in [0.15, 0.2) is 23.8 Å². The number of halogens is 2. The van der Waals surface area contributed by atoms with Crippen LogP contribution in [0.1, 0.15) is 5.56 Å². The fraction of sp³-hybridized carbons (Fsp3) is 0.364. The molecule has 0 amide bonds. The molecule has 5 rings (SSSR count). The number of fused-ring (bicyclic) bond motifs is 2. The van der Waals surface area contributed by atoms with Gasteiger partial charge in [-0.3, -0.25) is 0 Å². The maximum atomic E-state index is 13.9. The highest BCUT2D eigenvalue weighted by Gasteiger charge is 2.49. The summed E-state index contributed by atoms with van der Waals surface area (Å²) in [5.74, 6) is 1.67. The molecule has 2 aliphatic heterocycles. The Bertz CT molecular complexity index is 1130. The fourth-order valence-electron chi connectivity index (χ4n) is 3.90. The molecular formula is C22H21BrFN3O4. The lowest BCUT2D eigenvalue weighted by Crippen LogP contribution is -2.33. The van der Waals surface area contributed by atoms with E-state index >= 15 is 0 Å². The molecule has 0 saturated carbocycles. The van der Waals surface area contributed by atoms with Crippen molar-refractivity contribution in [3.63, 3.8) is 0 Å². The Morgan fingerprint density at radius 1 is 1.10 bits per heavy atom. The van der Waals surface area contributed by atoms with Gasteiger partial charge in [0, 0.05) is 21.6 Å². The molecular weight excluding hydrogens is 469 g/mol. The van der Waals surface area contributed by atoms with Gasteiger partial charge in [0.2, 0.25) is 0 Å². The van der Waals surface area contributed by atoms with Gasteiger partial charge < -0.3 is 24.3 Å². The quantitative estimate of drug-likeness (QED) is 0.571. The number of aryl methyl sites for hydroxylation is 1. The van der Waals surface area contributed by atoms with E-state index in [9.17, 15) is 4.39 Å².